The summed E-state index contributed by atoms with van der Waals surface area (Å²) in [5.74, 6) is -1.08. The van der Waals surface area contributed by atoms with Gasteiger partial charge >= 0.3 is 12.0 Å². The number of rotatable bonds is 4. The molecule has 0 aromatic heterocycles. The molecule has 0 atom stereocenters. The van der Waals surface area contributed by atoms with Crippen molar-refractivity contribution in [1.82, 2.24) is 10.6 Å². The number of carbonyl (C=O) groups excluding carboxylic acids is 1. The Morgan fingerprint density at radius 3 is 2.29 bits per heavy atom. The molecule has 0 spiro atoms. The number of carboxylic acid groups (broad SMARTS) is 1. The van der Waals surface area contributed by atoms with Crippen LogP contribution in [-0.4, -0.2) is 29.2 Å². The Kier molecular flexibility index (Phi) is 4.14. The van der Waals surface area contributed by atoms with Crippen molar-refractivity contribution in [3.8, 4) is 0 Å². The van der Waals surface area contributed by atoms with Gasteiger partial charge in [0.05, 0.1) is 0 Å². The van der Waals surface area contributed by atoms with E-state index >= 15 is 0 Å². The van der Waals surface area contributed by atoms with Crippen molar-refractivity contribution in [3.05, 3.63) is 12.2 Å². The van der Waals surface area contributed by atoms with Gasteiger partial charge in [-0.1, -0.05) is 12.2 Å². The van der Waals surface area contributed by atoms with E-state index in [9.17, 15) is 9.59 Å². The summed E-state index contributed by atoms with van der Waals surface area (Å²) in [6, 6.07) is -0.514. The van der Waals surface area contributed by atoms with Crippen LogP contribution >= 0.6 is 0 Å². The van der Waals surface area contributed by atoms with Gasteiger partial charge < -0.3 is 15.7 Å². The Hall–Kier alpha value is -1.52. The Bertz CT molecular complexity index is 259. The molecule has 0 saturated carbocycles. The van der Waals surface area contributed by atoms with Crippen LogP contribution in [0.25, 0.3) is 0 Å². The molecule has 0 fully saturated rings. The summed E-state index contributed by atoms with van der Waals surface area (Å²) in [4.78, 5) is 21.8. The van der Waals surface area contributed by atoms with Crippen molar-refractivity contribution in [1.29, 1.82) is 0 Å². The van der Waals surface area contributed by atoms with Gasteiger partial charge in [-0.2, -0.15) is 0 Å². The largest absolute Gasteiger partial charge is 0.480 e. The molecular weight excluding hydrogens is 184 g/mol. The smallest absolute Gasteiger partial charge is 0.328 e. The van der Waals surface area contributed by atoms with Crippen LogP contribution in [0.15, 0.2) is 12.2 Å². The highest BCUT2D eigenvalue weighted by molar-refractivity contribution is 5.85. The number of carbonyl (C=O) groups is 2. The zero-order chi connectivity index (χ0) is 11.4. The lowest BCUT2D eigenvalue weighted by Crippen LogP contribution is -2.53. The first-order chi connectivity index (χ1) is 6.25. The van der Waals surface area contributed by atoms with Crippen molar-refractivity contribution in [2.45, 2.75) is 26.3 Å². The molecule has 0 bridgehead atoms. The summed E-state index contributed by atoms with van der Waals surface area (Å²) in [7, 11) is 0. The lowest BCUT2D eigenvalue weighted by atomic mass is 10.1. The third-order valence-electron chi connectivity index (χ3n) is 1.51. The van der Waals surface area contributed by atoms with Crippen LogP contribution in [0.1, 0.15) is 20.8 Å². The number of urea groups is 1. The summed E-state index contributed by atoms with van der Waals surface area (Å²) in [5.41, 5.74) is -0.465. The van der Waals surface area contributed by atoms with Crippen LogP contribution in [0, 0.1) is 0 Å². The van der Waals surface area contributed by atoms with Crippen molar-refractivity contribution in [2.75, 3.05) is 6.54 Å². The topological polar surface area (TPSA) is 78.4 Å². The van der Waals surface area contributed by atoms with Gasteiger partial charge in [-0.3, -0.25) is 0 Å². The highest BCUT2D eigenvalue weighted by Gasteiger charge is 2.28. The monoisotopic (exact) mass is 200 g/mol. The first kappa shape index (κ1) is 12.5. The van der Waals surface area contributed by atoms with Crippen LogP contribution < -0.4 is 10.6 Å². The van der Waals surface area contributed by atoms with Gasteiger partial charge in [0.1, 0.15) is 5.54 Å². The molecule has 80 valence electrons. The van der Waals surface area contributed by atoms with E-state index in [1.807, 2.05) is 0 Å². The summed E-state index contributed by atoms with van der Waals surface area (Å²) < 4.78 is 0. The van der Waals surface area contributed by atoms with E-state index in [4.69, 9.17) is 5.11 Å². The minimum atomic E-state index is -1.26. The van der Waals surface area contributed by atoms with E-state index in [0.717, 1.165) is 5.57 Å². The van der Waals surface area contributed by atoms with Crippen LogP contribution in [0.4, 0.5) is 4.79 Å². The maximum Gasteiger partial charge on any atom is 0.328 e. The fourth-order valence-corrected chi connectivity index (χ4v) is 0.613. The molecule has 0 rings (SSSR count). The summed E-state index contributed by atoms with van der Waals surface area (Å²) in [5, 5.41) is 13.5. The molecule has 0 radical (unpaired) electrons. The predicted molar refractivity (Wildman–Crippen MR) is 53.1 cm³/mol. The van der Waals surface area contributed by atoms with Crippen LogP contribution in [-0.2, 0) is 4.79 Å². The summed E-state index contributed by atoms with van der Waals surface area (Å²) in [6.07, 6.45) is 0. The van der Waals surface area contributed by atoms with Gasteiger partial charge in [0.2, 0.25) is 0 Å². The zero-order valence-corrected chi connectivity index (χ0v) is 8.68. The van der Waals surface area contributed by atoms with E-state index in [-0.39, 0.29) is 0 Å². The third-order valence-corrected chi connectivity index (χ3v) is 1.51. The second-order valence-electron chi connectivity index (χ2n) is 3.69. The van der Waals surface area contributed by atoms with Crippen molar-refractivity contribution in [2.24, 2.45) is 0 Å². The number of hydrogen-bond donors (Lipinski definition) is 3. The van der Waals surface area contributed by atoms with Gasteiger partial charge in [-0.05, 0) is 20.8 Å². The molecule has 0 saturated heterocycles. The fourth-order valence-electron chi connectivity index (χ4n) is 0.613. The number of carboxylic acids is 1. The number of hydrogen-bond acceptors (Lipinski definition) is 2. The average Bonchev–Trinajstić information content (AvgIpc) is 1.99. The minimum absolute atomic E-state index is 0.335. The van der Waals surface area contributed by atoms with Crippen molar-refractivity contribution < 1.29 is 14.7 Å². The maximum absolute atomic E-state index is 11.1. The Morgan fingerprint density at radius 2 is 1.93 bits per heavy atom. The highest BCUT2D eigenvalue weighted by Crippen LogP contribution is 2.00. The summed E-state index contributed by atoms with van der Waals surface area (Å²) >= 11 is 0. The highest BCUT2D eigenvalue weighted by atomic mass is 16.4. The molecule has 14 heavy (non-hydrogen) atoms. The first-order valence-electron chi connectivity index (χ1n) is 4.19. The molecule has 5 heteroatoms. The molecule has 0 aliphatic heterocycles. The molecule has 0 aromatic rings. The molecule has 5 nitrogen and oxygen atoms in total. The molecule has 2 amide bonds. The van der Waals surface area contributed by atoms with Gasteiger partial charge in [-0.25, -0.2) is 9.59 Å². The van der Waals surface area contributed by atoms with E-state index in [1.165, 1.54) is 13.8 Å². The fraction of sp³-hybridized carbons (Fsp3) is 0.556. The van der Waals surface area contributed by atoms with Crippen LogP contribution in [0.3, 0.4) is 0 Å². The lowest BCUT2D eigenvalue weighted by molar-refractivity contribution is -0.142. The molecule has 0 heterocycles. The number of amides is 2. The SMILES string of the molecule is C=C(C)CNC(=O)NC(C)(C)C(=O)O. The van der Waals surface area contributed by atoms with Crippen molar-refractivity contribution >= 4 is 12.0 Å². The van der Waals surface area contributed by atoms with E-state index < -0.39 is 17.5 Å². The van der Waals surface area contributed by atoms with Gasteiger partial charge in [0, 0.05) is 6.54 Å². The second-order valence-corrected chi connectivity index (χ2v) is 3.69. The second kappa shape index (κ2) is 4.64. The quantitative estimate of drug-likeness (QED) is 0.585. The Balaban J connectivity index is 4.06. The number of aliphatic carboxylic acids is 1. The zero-order valence-electron chi connectivity index (χ0n) is 8.68. The predicted octanol–water partition coefficient (Wildman–Crippen LogP) is 0.725. The molecule has 0 aliphatic carbocycles. The van der Waals surface area contributed by atoms with Gasteiger partial charge in [0.15, 0.2) is 0 Å². The minimum Gasteiger partial charge on any atom is -0.480 e. The molecule has 3 N–H and O–H groups in total. The molecule has 0 unspecified atom stereocenters. The number of nitrogens with one attached hydrogen (secondary N) is 2. The average molecular weight is 200 g/mol. The van der Waals surface area contributed by atoms with Crippen LogP contribution in [0.5, 0.6) is 0 Å². The Labute approximate surface area is 83.2 Å². The van der Waals surface area contributed by atoms with E-state index in [2.05, 4.69) is 17.2 Å². The van der Waals surface area contributed by atoms with E-state index in [1.54, 1.807) is 6.92 Å². The molecular formula is C9H16N2O3. The van der Waals surface area contributed by atoms with Crippen molar-refractivity contribution in [3.63, 3.8) is 0 Å². The van der Waals surface area contributed by atoms with Gasteiger partial charge in [0.25, 0.3) is 0 Å². The van der Waals surface area contributed by atoms with Gasteiger partial charge in [-0.15, -0.1) is 0 Å². The van der Waals surface area contributed by atoms with Crippen LogP contribution in [0.2, 0.25) is 0 Å². The third kappa shape index (κ3) is 4.49. The Morgan fingerprint density at radius 1 is 1.43 bits per heavy atom. The molecule has 0 aliphatic rings. The molecule has 0 aromatic carbocycles. The maximum atomic E-state index is 11.1. The summed E-state index contributed by atoms with van der Waals surface area (Å²) in [6.45, 7) is 8.53. The van der Waals surface area contributed by atoms with E-state index in [0.29, 0.717) is 6.54 Å². The first-order valence-corrected chi connectivity index (χ1v) is 4.19. The normalized spacial score (nSPS) is 10.5. The standard InChI is InChI=1S/C9H16N2O3/c1-6(2)5-10-8(14)11-9(3,4)7(12)13/h1,5H2,2-4H3,(H,12,13)(H2,10,11,14). The lowest BCUT2D eigenvalue weighted by Gasteiger charge is -2.21.